The second-order valence-corrected chi connectivity index (χ2v) is 8.44. The molecule has 2 saturated heterocycles. The number of rotatable bonds is 4. The highest BCUT2D eigenvalue weighted by Gasteiger charge is 2.54. The van der Waals surface area contributed by atoms with E-state index in [1.165, 1.54) is 23.5 Å². The van der Waals surface area contributed by atoms with Crippen molar-refractivity contribution in [1.82, 2.24) is 19.8 Å². The predicted octanol–water partition coefficient (Wildman–Crippen LogP) is 1.69. The van der Waals surface area contributed by atoms with E-state index in [1.54, 1.807) is 4.90 Å². The minimum Gasteiger partial charge on any atom is -0.394 e. The van der Waals surface area contributed by atoms with Crippen LogP contribution >= 0.6 is 0 Å². The van der Waals surface area contributed by atoms with E-state index in [0.717, 1.165) is 17.5 Å². The summed E-state index contributed by atoms with van der Waals surface area (Å²) in [5.41, 5.74) is 2.21. The summed E-state index contributed by atoms with van der Waals surface area (Å²) in [6, 6.07) is 7.54. The number of nitrogens with zero attached hydrogens (tertiary/aromatic N) is 4. The fourth-order valence-corrected chi connectivity index (χ4v) is 4.37. The number of aliphatic hydroxyl groups excluding tert-OH is 1. The lowest BCUT2D eigenvalue weighted by atomic mass is 9.73. The molecule has 2 amide bonds. The van der Waals surface area contributed by atoms with Crippen molar-refractivity contribution < 1.29 is 14.7 Å². The third-order valence-corrected chi connectivity index (χ3v) is 5.86. The number of aromatic nitrogens is 2. The summed E-state index contributed by atoms with van der Waals surface area (Å²) in [4.78, 5) is 36.8. The van der Waals surface area contributed by atoms with Gasteiger partial charge in [-0.3, -0.25) is 14.6 Å². The molecule has 0 spiro atoms. The SMILES string of the molecule is CC(C)CC#Cc1ccc([C@H]2[C@@H](CO)N3C(=O)CN(C(=O)c4cnccn4)C[C@H]23)cc1. The predicted molar refractivity (Wildman–Crippen MR) is 115 cm³/mol. The lowest BCUT2D eigenvalue weighted by molar-refractivity contribution is -0.159. The molecule has 1 aromatic heterocycles. The number of hydrogen-bond donors (Lipinski definition) is 1. The van der Waals surface area contributed by atoms with E-state index in [1.807, 2.05) is 24.3 Å². The molecule has 0 unspecified atom stereocenters. The minimum atomic E-state index is -0.303. The Balaban J connectivity index is 1.52. The van der Waals surface area contributed by atoms with Crippen LogP contribution in [0.3, 0.4) is 0 Å². The quantitative estimate of drug-likeness (QED) is 0.764. The Morgan fingerprint density at radius 3 is 2.68 bits per heavy atom. The van der Waals surface area contributed by atoms with Gasteiger partial charge in [-0.1, -0.05) is 37.8 Å². The van der Waals surface area contributed by atoms with Gasteiger partial charge in [0.2, 0.25) is 5.91 Å². The first-order valence-corrected chi connectivity index (χ1v) is 10.6. The molecule has 2 aromatic rings. The van der Waals surface area contributed by atoms with Gasteiger partial charge in [0.05, 0.1) is 24.9 Å². The number of carbonyl (C=O) groups excluding carboxylic acids is 2. The fraction of sp³-hybridized carbons (Fsp3) is 0.417. The van der Waals surface area contributed by atoms with E-state index in [9.17, 15) is 14.7 Å². The zero-order chi connectivity index (χ0) is 22.0. The molecule has 0 saturated carbocycles. The Bertz CT molecular complexity index is 1010. The first-order chi connectivity index (χ1) is 15.0. The summed E-state index contributed by atoms with van der Waals surface area (Å²) in [5, 5.41) is 9.94. The van der Waals surface area contributed by atoms with Crippen LogP contribution in [0.1, 0.15) is 47.8 Å². The molecule has 0 radical (unpaired) electrons. The molecule has 0 aliphatic carbocycles. The van der Waals surface area contributed by atoms with E-state index < -0.39 is 0 Å². The molecular formula is C24H26N4O3. The van der Waals surface area contributed by atoms with Crippen molar-refractivity contribution in [2.75, 3.05) is 19.7 Å². The van der Waals surface area contributed by atoms with Crippen molar-refractivity contribution in [2.24, 2.45) is 5.92 Å². The van der Waals surface area contributed by atoms with E-state index in [0.29, 0.717) is 12.5 Å². The van der Waals surface area contributed by atoms with Crippen LogP contribution in [0.15, 0.2) is 42.9 Å². The number of benzene rings is 1. The first kappa shape index (κ1) is 21.0. The van der Waals surface area contributed by atoms with Crippen molar-refractivity contribution >= 4 is 11.8 Å². The zero-order valence-electron chi connectivity index (χ0n) is 17.7. The number of amides is 2. The minimum absolute atomic E-state index is 0.0144. The van der Waals surface area contributed by atoms with Gasteiger partial charge in [-0.15, -0.1) is 0 Å². The Morgan fingerprint density at radius 1 is 1.26 bits per heavy atom. The summed E-state index contributed by atoms with van der Waals surface area (Å²) in [5.74, 6) is 6.40. The second kappa shape index (κ2) is 8.86. The Kier molecular flexibility index (Phi) is 6.01. The van der Waals surface area contributed by atoms with E-state index >= 15 is 0 Å². The molecule has 160 valence electrons. The lowest BCUT2D eigenvalue weighted by Gasteiger charge is -2.58. The number of fused-ring (bicyclic) bond motifs is 1. The van der Waals surface area contributed by atoms with Crippen molar-refractivity contribution in [3.8, 4) is 11.8 Å². The maximum Gasteiger partial charge on any atom is 0.274 e. The topological polar surface area (TPSA) is 86.6 Å². The molecule has 2 aliphatic rings. The number of carbonyl (C=O) groups is 2. The van der Waals surface area contributed by atoms with Gasteiger partial charge in [0, 0.05) is 36.8 Å². The van der Waals surface area contributed by atoms with Crippen LogP contribution in [0.4, 0.5) is 0 Å². The molecule has 1 N–H and O–H groups in total. The van der Waals surface area contributed by atoms with Gasteiger partial charge in [-0.05, 0) is 23.6 Å². The molecule has 7 heteroatoms. The van der Waals surface area contributed by atoms with E-state index in [-0.39, 0.29) is 48.7 Å². The fourth-order valence-electron chi connectivity index (χ4n) is 4.37. The normalized spacial score (nSPS) is 22.5. The Hall–Kier alpha value is -3.24. The van der Waals surface area contributed by atoms with E-state index in [4.69, 9.17) is 0 Å². The highest BCUT2D eigenvalue weighted by atomic mass is 16.3. The van der Waals surface area contributed by atoms with Crippen molar-refractivity contribution in [1.29, 1.82) is 0 Å². The molecule has 4 rings (SSSR count). The molecule has 3 heterocycles. The third-order valence-electron chi connectivity index (χ3n) is 5.86. The van der Waals surface area contributed by atoms with Crippen LogP contribution in [0.2, 0.25) is 0 Å². The van der Waals surface area contributed by atoms with E-state index in [2.05, 4.69) is 35.7 Å². The molecule has 7 nitrogen and oxygen atoms in total. The molecule has 31 heavy (non-hydrogen) atoms. The second-order valence-electron chi connectivity index (χ2n) is 8.44. The average molecular weight is 418 g/mol. The Labute approximate surface area is 182 Å². The summed E-state index contributed by atoms with van der Waals surface area (Å²) in [6.07, 6.45) is 5.23. The molecule has 1 aromatic carbocycles. The zero-order valence-corrected chi connectivity index (χ0v) is 17.7. The molecule has 0 bridgehead atoms. The Morgan fingerprint density at radius 2 is 2.03 bits per heavy atom. The van der Waals surface area contributed by atoms with Gasteiger partial charge in [0.15, 0.2) is 0 Å². The largest absolute Gasteiger partial charge is 0.394 e. The lowest BCUT2D eigenvalue weighted by Crippen LogP contribution is -2.73. The number of hydrogen-bond acceptors (Lipinski definition) is 5. The van der Waals surface area contributed by atoms with Gasteiger partial charge in [-0.25, -0.2) is 4.98 Å². The summed E-state index contributed by atoms with van der Waals surface area (Å²) in [7, 11) is 0. The van der Waals surface area contributed by atoms with Crippen molar-refractivity contribution in [3.63, 3.8) is 0 Å². The number of piperazine rings is 1. The monoisotopic (exact) mass is 418 g/mol. The smallest absolute Gasteiger partial charge is 0.274 e. The van der Waals surface area contributed by atoms with Crippen LogP contribution in [0.25, 0.3) is 0 Å². The highest BCUT2D eigenvalue weighted by molar-refractivity contribution is 5.95. The molecule has 2 fully saturated rings. The highest BCUT2D eigenvalue weighted by Crippen LogP contribution is 2.43. The van der Waals surface area contributed by atoms with Crippen LogP contribution in [0.5, 0.6) is 0 Å². The molecule has 3 atom stereocenters. The standard InChI is InChI=1S/C24H26N4O3/c1-16(2)4-3-5-17-6-8-18(9-7-17)23-20-13-27(14-22(30)28(20)21(23)15-29)24(31)19-12-25-10-11-26-19/h6-12,16,20-21,23,29H,4,13-15H2,1-2H3/t20-,21-,23-/m1/s1. The average Bonchev–Trinajstić information content (AvgIpc) is 2.76. The van der Waals surface area contributed by atoms with Gasteiger partial charge >= 0.3 is 0 Å². The van der Waals surface area contributed by atoms with Crippen LogP contribution in [0, 0.1) is 17.8 Å². The van der Waals surface area contributed by atoms with Gasteiger partial charge in [0.1, 0.15) is 12.2 Å². The molecule has 2 aliphatic heterocycles. The van der Waals surface area contributed by atoms with Crippen LogP contribution in [-0.2, 0) is 4.79 Å². The summed E-state index contributed by atoms with van der Waals surface area (Å²) in [6.45, 7) is 4.55. The van der Waals surface area contributed by atoms with Gasteiger partial charge < -0.3 is 14.9 Å². The maximum absolute atomic E-state index is 12.8. The third kappa shape index (κ3) is 4.17. The number of aliphatic hydroxyl groups is 1. The van der Waals surface area contributed by atoms with Gasteiger partial charge in [0.25, 0.3) is 5.91 Å². The van der Waals surface area contributed by atoms with Crippen molar-refractivity contribution in [2.45, 2.75) is 38.3 Å². The van der Waals surface area contributed by atoms with Gasteiger partial charge in [-0.2, -0.15) is 0 Å². The van der Waals surface area contributed by atoms with Crippen LogP contribution < -0.4 is 0 Å². The summed E-state index contributed by atoms with van der Waals surface area (Å²) >= 11 is 0. The molecular weight excluding hydrogens is 392 g/mol. The summed E-state index contributed by atoms with van der Waals surface area (Å²) < 4.78 is 0. The van der Waals surface area contributed by atoms with Crippen molar-refractivity contribution in [3.05, 3.63) is 59.7 Å². The van der Waals surface area contributed by atoms with Crippen LogP contribution in [-0.4, -0.2) is 68.5 Å². The first-order valence-electron chi connectivity index (χ1n) is 10.6. The maximum atomic E-state index is 12.8.